The van der Waals surface area contributed by atoms with Crippen LogP contribution in [-0.2, 0) is 4.79 Å². The molecule has 7 nitrogen and oxygen atoms in total. The molecule has 0 saturated carbocycles. The first-order valence-electron chi connectivity index (χ1n) is 7.27. The van der Waals surface area contributed by atoms with Gasteiger partial charge in [0.2, 0.25) is 0 Å². The number of carbonyl (C=O) groups is 1. The Bertz CT molecular complexity index is 775. The summed E-state index contributed by atoms with van der Waals surface area (Å²) in [5, 5.41) is 30.2. The van der Waals surface area contributed by atoms with Gasteiger partial charge in [0.25, 0.3) is 5.69 Å². The number of hydrogen-bond donors (Lipinski definition) is 2. The fourth-order valence-corrected chi connectivity index (χ4v) is 3.53. The van der Waals surface area contributed by atoms with Gasteiger partial charge in [-0.3, -0.25) is 10.1 Å². The number of benzene rings is 2. The van der Waals surface area contributed by atoms with Crippen LogP contribution in [0.4, 0.5) is 5.69 Å². The fourth-order valence-electron chi connectivity index (χ4n) is 2.23. The van der Waals surface area contributed by atoms with Gasteiger partial charge in [-0.25, -0.2) is 4.79 Å². The zero-order valence-corrected chi connectivity index (χ0v) is 14.4. The number of carboxylic acids is 1. The van der Waals surface area contributed by atoms with Gasteiger partial charge in [-0.1, -0.05) is 24.3 Å². The summed E-state index contributed by atoms with van der Waals surface area (Å²) in [6.07, 6.45) is 0. The van der Waals surface area contributed by atoms with E-state index in [0.717, 1.165) is 11.8 Å². The minimum Gasteiger partial charge on any atom is -0.497 e. The lowest BCUT2D eigenvalue weighted by atomic mass is 9.96. The van der Waals surface area contributed by atoms with Crippen molar-refractivity contribution in [3.63, 3.8) is 0 Å². The summed E-state index contributed by atoms with van der Waals surface area (Å²) >= 11 is 0.932. The lowest BCUT2D eigenvalue weighted by Gasteiger charge is -2.29. The first-order valence-corrected chi connectivity index (χ1v) is 8.15. The molecule has 0 spiro atoms. The number of carboxylic acid groups (broad SMARTS) is 1. The largest absolute Gasteiger partial charge is 0.497 e. The molecular weight excluding hydrogens is 346 g/mol. The number of methoxy groups -OCH3 is 1. The van der Waals surface area contributed by atoms with Crippen molar-refractivity contribution in [2.45, 2.75) is 22.7 Å². The van der Waals surface area contributed by atoms with Gasteiger partial charge in [0, 0.05) is 6.07 Å². The highest BCUT2D eigenvalue weighted by atomic mass is 32.2. The van der Waals surface area contributed by atoms with Gasteiger partial charge in [0.05, 0.1) is 22.2 Å². The third-order valence-corrected chi connectivity index (χ3v) is 5.23. The summed E-state index contributed by atoms with van der Waals surface area (Å²) < 4.78 is 5.08. The molecule has 2 aromatic rings. The average Bonchev–Trinajstić information content (AvgIpc) is 2.59. The number of rotatable bonds is 7. The molecule has 0 aliphatic heterocycles. The Labute approximate surface area is 148 Å². The number of nitrogens with zero attached hydrogens (tertiary/aromatic N) is 1. The van der Waals surface area contributed by atoms with E-state index in [4.69, 9.17) is 4.74 Å². The Kier molecular flexibility index (Phi) is 5.66. The Morgan fingerprint density at radius 2 is 1.84 bits per heavy atom. The number of hydrogen-bond acceptors (Lipinski definition) is 6. The van der Waals surface area contributed by atoms with Crippen molar-refractivity contribution in [1.29, 1.82) is 0 Å². The number of para-hydroxylation sites is 1. The van der Waals surface area contributed by atoms with Gasteiger partial charge in [-0.05, 0) is 30.7 Å². The summed E-state index contributed by atoms with van der Waals surface area (Å²) in [4.78, 5) is 22.5. The smallest absolute Gasteiger partial charge is 0.336 e. The highest BCUT2D eigenvalue weighted by molar-refractivity contribution is 7.99. The molecule has 0 heterocycles. The highest BCUT2D eigenvalue weighted by Crippen LogP contribution is 2.46. The molecule has 8 heteroatoms. The molecule has 0 radical (unpaired) electrons. The number of ether oxygens (including phenoxy) is 1. The quantitative estimate of drug-likeness (QED) is 0.441. The van der Waals surface area contributed by atoms with Crippen LogP contribution < -0.4 is 4.74 Å². The molecule has 0 aliphatic rings. The van der Waals surface area contributed by atoms with E-state index >= 15 is 0 Å². The first-order chi connectivity index (χ1) is 11.8. The van der Waals surface area contributed by atoms with E-state index in [1.54, 1.807) is 30.3 Å². The van der Waals surface area contributed by atoms with E-state index in [9.17, 15) is 25.1 Å². The molecular formula is C17H17NO6S. The summed E-state index contributed by atoms with van der Waals surface area (Å²) in [7, 11) is 1.50. The summed E-state index contributed by atoms with van der Waals surface area (Å²) in [5.74, 6) is -0.840. The van der Waals surface area contributed by atoms with Crippen LogP contribution in [0.2, 0.25) is 0 Å². The predicted octanol–water partition coefficient (Wildman–Crippen LogP) is 3.27. The third kappa shape index (κ3) is 4.09. The van der Waals surface area contributed by atoms with Crippen molar-refractivity contribution in [2.24, 2.45) is 0 Å². The second-order valence-electron chi connectivity index (χ2n) is 5.45. The Hall–Kier alpha value is -2.58. The summed E-state index contributed by atoms with van der Waals surface area (Å²) in [5.41, 5.74) is -1.77. The number of aliphatic carboxylic acids is 1. The van der Waals surface area contributed by atoms with Crippen LogP contribution in [0.5, 0.6) is 5.75 Å². The lowest BCUT2D eigenvalue weighted by molar-refractivity contribution is -0.387. The number of nitro benzene ring substituents is 1. The molecule has 0 aromatic heterocycles. The predicted molar refractivity (Wildman–Crippen MR) is 92.9 cm³/mol. The van der Waals surface area contributed by atoms with E-state index < -0.39 is 21.7 Å². The Morgan fingerprint density at radius 3 is 2.36 bits per heavy atom. The first kappa shape index (κ1) is 18.8. The van der Waals surface area contributed by atoms with Crippen LogP contribution >= 0.6 is 11.8 Å². The summed E-state index contributed by atoms with van der Waals surface area (Å²) in [6.45, 7) is 1.17. The SMILES string of the molecule is COc1ccc(C(Sc2ccccc2[N+](=O)[O-])C(C)(O)C(=O)O)cc1. The van der Waals surface area contributed by atoms with Crippen LogP contribution in [-0.4, -0.2) is 33.8 Å². The van der Waals surface area contributed by atoms with Crippen LogP contribution in [0.15, 0.2) is 53.4 Å². The zero-order chi connectivity index (χ0) is 18.6. The summed E-state index contributed by atoms with van der Waals surface area (Å²) in [6, 6.07) is 12.5. The molecule has 2 N–H and O–H groups in total. The lowest BCUT2D eigenvalue weighted by Crippen LogP contribution is -2.40. The number of thioether (sulfide) groups is 1. The van der Waals surface area contributed by atoms with Crippen molar-refractivity contribution >= 4 is 23.4 Å². The van der Waals surface area contributed by atoms with E-state index in [2.05, 4.69) is 0 Å². The molecule has 132 valence electrons. The Balaban J connectivity index is 2.49. The van der Waals surface area contributed by atoms with Gasteiger partial charge in [-0.2, -0.15) is 0 Å². The molecule has 2 aromatic carbocycles. The van der Waals surface area contributed by atoms with Crippen molar-refractivity contribution in [3.8, 4) is 5.75 Å². The molecule has 25 heavy (non-hydrogen) atoms. The fraction of sp³-hybridized carbons (Fsp3) is 0.235. The maximum absolute atomic E-state index is 11.5. The molecule has 0 fully saturated rings. The molecule has 2 rings (SSSR count). The second kappa shape index (κ2) is 7.54. The second-order valence-corrected chi connectivity index (χ2v) is 6.60. The maximum atomic E-state index is 11.5. The van der Waals surface area contributed by atoms with E-state index in [1.807, 2.05) is 0 Å². The number of nitro groups is 1. The minimum absolute atomic E-state index is 0.146. The van der Waals surface area contributed by atoms with Gasteiger partial charge >= 0.3 is 5.97 Å². The van der Waals surface area contributed by atoms with Crippen LogP contribution in [0, 0.1) is 10.1 Å². The van der Waals surface area contributed by atoms with Gasteiger partial charge in [-0.15, -0.1) is 11.8 Å². The molecule has 2 unspecified atom stereocenters. The van der Waals surface area contributed by atoms with Crippen molar-refractivity contribution in [2.75, 3.05) is 7.11 Å². The van der Waals surface area contributed by atoms with Crippen LogP contribution in [0.25, 0.3) is 0 Å². The standard InChI is InChI=1S/C17H17NO6S/c1-17(21,16(19)20)15(11-7-9-12(24-2)10-8-11)25-14-6-4-3-5-13(14)18(22)23/h3-10,15,21H,1-2H3,(H,19,20). The molecule has 0 amide bonds. The third-order valence-electron chi connectivity index (χ3n) is 3.67. The molecule has 2 atom stereocenters. The van der Waals surface area contributed by atoms with Gasteiger partial charge < -0.3 is 14.9 Å². The molecule has 0 aliphatic carbocycles. The average molecular weight is 363 g/mol. The zero-order valence-electron chi connectivity index (χ0n) is 13.6. The van der Waals surface area contributed by atoms with Crippen LogP contribution in [0.1, 0.15) is 17.7 Å². The molecule has 0 bridgehead atoms. The van der Waals surface area contributed by atoms with Crippen molar-refractivity contribution in [1.82, 2.24) is 0 Å². The topological polar surface area (TPSA) is 110 Å². The van der Waals surface area contributed by atoms with Gasteiger partial charge in [0.15, 0.2) is 5.60 Å². The number of aliphatic hydroxyl groups is 1. The van der Waals surface area contributed by atoms with E-state index in [-0.39, 0.29) is 10.6 Å². The van der Waals surface area contributed by atoms with Crippen molar-refractivity contribution in [3.05, 3.63) is 64.2 Å². The molecule has 0 saturated heterocycles. The Morgan fingerprint density at radius 1 is 1.24 bits per heavy atom. The normalized spacial score (nSPS) is 14.4. The monoisotopic (exact) mass is 363 g/mol. The van der Waals surface area contributed by atoms with E-state index in [0.29, 0.717) is 11.3 Å². The van der Waals surface area contributed by atoms with E-state index in [1.165, 1.54) is 32.2 Å². The minimum atomic E-state index is -2.14. The maximum Gasteiger partial charge on any atom is 0.336 e. The highest BCUT2D eigenvalue weighted by Gasteiger charge is 2.42. The van der Waals surface area contributed by atoms with Gasteiger partial charge in [0.1, 0.15) is 5.75 Å². The van der Waals surface area contributed by atoms with Crippen molar-refractivity contribution < 1.29 is 24.7 Å². The van der Waals surface area contributed by atoms with Crippen LogP contribution in [0.3, 0.4) is 0 Å².